The number of nitrogens with one attached hydrogen (secondary N) is 2. The van der Waals surface area contributed by atoms with Crippen LogP contribution in [0.25, 0.3) is 0 Å². The molecule has 0 aliphatic carbocycles. The SMILES string of the molecule is CCNc1ccc(S(=O)(=O)NC(C)COC)c([N+](=O)[O-])c1. The molecule has 21 heavy (non-hydrogen) atoms. The first kappa shape index (κ1) is 17.3. The van der Waals surface area contributed by atoms with Crippen LogP contribution in [0, 0.1) is 10.1 Å². The molecule has 0 bridgehead atoms. The predicted molar refractivity (Wildman–Crippen MR) is 78.9 cm³/mol. The van der Waals surface area contributed by atoms with Gasteiger partial charge in [0.05, 0.1) is 11.5 Å². The minimum atomic E-state index is -3.99. The van der Waals surface area contributed by atoms with Crippen LogP contribution in [0.3, 0.4) is 0 Å². The Bertz CT molecular complexity index is 603. The van der Waals surface area contributed by atoms with Gasteiger partial charge >= 0.3 is 0 Å². The molecule has 0 fully saturated rings. The topological polar surface area (TPSA) is 111 Å². The van der Waals surface area contributed by atoms with Gasteiger partial charge in [-0.1, -0.05) is 0 Å². The lowest BCUT2D eigenvalue weighted by Gasteiger charge is -2.14. The van der Waals surface area contributed by atoms with E-state index in [1.807, 2.05) is 6.92 Å². The molecule has 0 amide bonds. The average Bonchev–Trinajstić information content (AvgIpc) is 2.38. The Morgan fingerprint density at radius 2 is 2.10 bits per heavy atom. The molecule has 1 rings (SSSR count). The molecule has 8 nitrogen and oxygen atoms in total. The fourth-order valence-electron chi connectivity index (χ4n) is 1.81. The number of rotatable bonds is 8. The summed E-state index contributed by atoms with van der Waals surface area (Å²) < 4.78 is 31.6. The van der Waals surface area contributed by atoms with Gasteiger partial charge in [0, 0.05) is 31.5 Å². The van der Waals surface area contributed by atoms with Gasteiger partial charge < -0.3 is 10.1 Å². The molecule has 0 aromatic heterocycles. The van der Waals surface area contributed by atoms with Crippen LogP contribution in [0.15, 0.2) is 23.1 Å². The second kappa shape index (κ2) is 7.34. The zero-order valence-corrected chi connectivity index (χ0v) is 12.9. The van der Waals surface area contributed by atoms with Crippen molar-refractivity contribution in [3.8, 4) is 0 Å². The van der Waals surface area contributed by atoms with Crippen LogP contribution in [0.1, 0.15) is 13.8 Å². The van der Waals surface area contributed by atoms with Crippen molar-refractivity contribution >= 4 is 21.4 Å². The van der Waals surface area contributed by atoms with Crippen molar-refractivity contribution in [2.75, 3.05) is 25.6 Å². The van der Waals surface area contributed by atoms with Gasteiger partial charge in [-0.2, -0.15) is 0 Å². The van der Waals surface area contributed by atoms with E-state index in [0.717, 1.165) is 0 Å². The molecule has 9 heteroatoms. The van der Waals surface area contributed by atoms with Crippen LogP contribution in [0.4, 0.5) is 11.4 Å². The molecule has 0 radical (unpaired) electrons. The molecule has 0 saturated heterocycles. The molecule has 0 heterocycles. The van der Waals surface area contributed by atoms with Crippen LogP contribution in [-0.4, -0.2) is 39.6 Å². The van der Waals surface area contributed by atoms with Crippen molar-refractivity contribution in [3.05, 3.63) is 28.3 Å². The van der Waals surface area contributed by atoms with Gasteiger partial charge in [-0.05, 0) is 26.0 Å². The second-order valence-electron chi connectivity index (χ2n) is 4.45. The monoisotopic (exact) mass is 317 g/mol. The lowest BCUT2D eigenvalue weighted by Crippen LogP contribution is -2.35. The molecule has 1 atom stereocenters. The maximum Gasteiger partial charge on any atom is 0.291 e. The number of anilines is 1. The van der Waals surface area contributed by atoms with Gasteiger partial charge in [0.15, 0.2) is 4.90 Å². The fraction of sp³-hybridized carbons (Fsp3) is 0.500. The summed E-state index contributed by atoms with van der Waals surface area (Å²) in [6.07, 6.45) is 0. The molecule has 0 aliphatic rings. The lowest BCUT2D eigenvalue weighted by atomic mass is 10.3. The molecule has 0 aliphatic heterocycles. The van der Waals surface area contributed by atoms with Gasteiger partial charge in [-0.25, -0.2) is 13.1 Å². The summed E-state index contributed by atoms with van der Waals surface area (Å²) in [5.74, 6) is 0. The van der Waals surface area contributed by atoms with Crippen molar-refractivity contribution in [1.82, 2.24) is 4.72 Å². The smallest absolute Gasteiger partial charge is 0.291 e. The Hall–Kier alpha value is -1.71. The third-order valence-electron chi connectivity index (χ3n) is 2.60. The van der Waals surface area contributed by atoms with Gasteiger partial charge in [-0.3, -0.25) is 10.1 Å². The highest BCUT2D eigenvalue weighted by Gasteiger charge is 2.27. The maximum atomic E-state index is 12.2. The summed E-state index contributed by atoms with van der Waals surface area (Å²) in [6, 6.07) is 3.43. The van der Waals surface area contributed by atoms with Crippen LogP contribution in [0.2, 0.25) is 0 Å². The van der Waals surface area contributed by atoms with Gasteiger partial charge in [0.25, 0.3) is 5.69 Å². The number of hydrogen-bond acceptors (Lipinski definition) is 6. The minimum absolute atomic E-state index is 0.169. The lowest BCUT2D eigenvalue weighted by molar-refractivity contribution is -0.387. The zero-order chi connectivity index (χ0) is 16.0. The van der Waals surface area contributed by atoms with E-state index in [-0.39, 0.29) is 11.5 Å². The number of nitro groups is 1. The van der Waals surface area contributed by atoms with Crippen LogP contribution >= 0.6 is 0 Å². The van der Waals surface area contributed by atoms with E-state index in [4.69, 9.17) is 4.74 Å². The van der Waals surface area contributed by atoms with Gasteiger partial charge in [0.1, 0.15) is 0 Å². The van der Waals surface area contributed by atoms with Crippen molar-refractivity contribution < 1.29 is 18.1 Å². The van der Waals surface area contributed by atoms with Crippen LogP contribution in [0.5, 0.6) is 0 Å². The van der Waals surface area contributed by atoms with E-state index < -0.39 is 26.7 Å². The summed E-state index contributed by atoms with van der Waals surface area (Å²) in [5, 5.41) is 14.0. The number of nitrogens with zero attached hydrogens (tertiary/aromatic N) is 1. The number of hydrogen-bond donors (Lipinski definition) is 2. The van der Waals surface area contributed by atoms with E-state index in [0.29, 0.717) is 12.2 Å². The van der Waals surface area contributed by atoms with Crippen LogP contribution in [-0.2, 0) is 14.8 Å². The fourth-order valence-corrected chi connectivity index (χ4v) is 3.19. The Kier molecular flexibility index (Phi) is 6.06. The number of nitro benzene ring substituents is 1. The summed E-state index contributed by atoms with van der Waals surface area (Å²) in [5.41, 5.74) is 0.0265. The first-order valence-corrected chi connectivity index (χ1v) is 7.83. The van der Waals surface area contributed by atoms with Gasteiger partial charge in [0.2, 0.25) is 10.0 Å². The molecule has 1 aromatic rings. The van der Waals surface area contributed by atoms with Crippen LogP contribution < -0.4 is 10.0 Å². The standard InChI is InChI=1S/C12H19N3O5S/c1-4-13-10-5-6-12(11(7-10)15(16)17)21(18,19)14-9(2)8-20-3/h5-7,9,13-14H,4,8H2,1-3H3. The predicted octanol–water partition coefficient (Wildman–Crippen LogP) is 1.34. The Morgan fingerprint density at radius 3 is 2.62 bits per heavy atom. The first-order valence-electron chi connectivity index (χ1n) is 6.35. The molecule has 1 aromatic carbocycles. The van der Waals surface area contributed by atoms with E-state index in [1.54, 1.807) is 6.92 Å². The highest BCUT2D eigenvalue weighted by Crippen LogP contribution is 2.27. The summed E-state index contributed by atoms with van der Waals surface area (Å²) in [7, 11) is -2.55. The normalized spacial score (nSPS) is 12.9. The highest BCUT2D eigenvalue weighted by molar-refractivity contribution is 7.89. The quantitative estimate of drug-likeness (QED) is 0.553. The third kappa shape index (κ3) is 4.66. The van der Waals surface area contributed by atoms with Crippen molar-refractivity contribution in [1.29, 1.82) is 0 Å². The van der Waals surface area contributed by atoms with E-state index in [1.165, 1.54) is 25.3 Å². The summed E-state index contributed by atoms with van der Waals surface area (Å²) in [6.45, 7) is 4.19. The van der Waals surface area contributed by atoms with E-state index in [9.17, 15) is 18.5 Å². The van der Waals surface area contributed by atoms with E-state index in [2.05, 4.69) is 10.0 Å². The molecule has 0 spiro atoms. The summed E-state index contributed by atoms with van der Waals surface area (Å²) in [4.78, 5) is 10.0. The van der Waals surface area contributed by atoms with Crippen molar-refractivity contribution in [3.63, 3.8) is 0 Å². The number of methoxy groups -OCH3 is 1. The second-order valence-corrected chi connectivity index (χ2v) is 6.13. The summed E-state index contributed by atoms with van der Waals surface area (Å²) >= 11 is 0. The number of ether oxygens (including phenoxy) is 1. The molecular weight excluding hydrogens is 298 g/mol. The largest absolute Gasteiger partial charge is 0.385 e. The average molecular weight is 317 g/mol. The Balaban J connectivity index is 3.19. The molecule has 1 unspecified atom stereocenters. The van der Waals surface area contributed by atoms with E-state index >= 15 is 0 Å². The minimum Gasteiger partial charge on any atom is -0.385 e. The Labute approximate surface area is 123 Å². The Morgan fingerprint density at radius 1 is 1.43 bits per heavy atom. The maximum absolute atomic E-state index is 12.2. The third-order valence-corrected chi connectivity index (χ3v) is 4.24. The molecule has 118 valence electrons. The van der Waals surface area contributed by atoms with Gasteiger partial charge in [-0.15, -0.1) is 0 Å². The molecule has 2 N–H and O–H groups in total. The van der Waals surface area contributed by atoms with Crippen molar-refractivity contribution in [2.45, 2.75) is 24.8 Å². The first-order chi connectivity index (χ1) is 9.81. The van der Waals surface area contributed by atoms with Crippen molar-refractivity contribution in [2.24, 2.45) is 0 Å². The highest BCUT2D eigenvalue weighted by atomic mass is 32.2. The number of benzene rings is 1. The zero-order valence-electron chi connectivity index (χ0n) is 12.1. The molecule has 0 saturated carbocycles. The number of sulfonamides is 1. The molecular formula is C12H19N3O5S.